The van der Waals surface area contributed by atoms with E-state index < -0.39 is 0 Å². The van der Waals surface area contributed by atoms with E-state index in [0.717, 1.165) is 0 Å². The molecular weight excluding hydrogens is 268 g/mol. The topological polar surface area (TPSA) is 97.9 Å². The van der Waals surface area contributed by atoms with Gasteiger partial charge in [0, 0.05) is 25.1 Å². The molecule has 0 aromatic carbocycles. The summed E-state index contributed by atoms with van der Waals surface area (Å²) >= 11 is 5.89. The van der Waals surface area contributed by atoms with Gasteiger partial charge >= 0.3 is 0 Å². The van der Waals surface area contributed by atoms with Crippen LogP contribution in [0.25, 0.3) is 0 Å². The zero-order chi connectivity index (χ0) is 13.7. The minimum Gasteiger partial charge on any atom is -0.350 e. The molecule has 19 heavy (non-hydrogen) atoms. The van der Waals surface area contributed by atoms with Crippen molar-refractivity contribution in [3.8, 4) is 0 Å². The molecule has 0 bridgehead atoms. The number of hydrazine groups is 1. The maximum Gasteiger partial charge on any atom is 0.252 e. The molecule has 2 aromatic heterocycles. The first-order valence-electron chi connectivity index (χ1n) is 5.58. The van der Waals surface area contributed by atoms with Crippen molar-refractivity contribution in [1.82, 2.24) is 20.1 Å². The number of rotatable bonds is 5. The van der Waals surface area contributed by atoms with Gasteiger partial charge in [-0.2, -0.15) is 5.10 Å². The number of nitrogens with one attached hydrogen (secondary N) is 2. The predicted octanol–water partition coefficient (Wildman–Crippen LogP) is 0.647. The van der Waals surface area contributed by atoms with E-state index in [9.17, 15) is 4.79 Å². The Kier molecular flexibility index (Phi) is 4.32. The first-order valence-corrected chi connectivity index (χ1v) is 5.96. The molecule has 0 radical (unpaired) electrons. The lowest BCUT2D eigenvalue weighted by atomic mass is 10.2. The lowest BCUT2D eigenvalue weighted by Crippen LogP contribution is -2.27. The number of anilines is 1. The van der Waals surface area contributed by atoms with E-state index in [0.29, 0.717) is 29.5 Å². The summed E-state index contributed by atoms with van der Waals surface area (Å²) in [7, 11) is 0. The van der Waals surface area contributed by atoms with Crippen molar-refractivity contribution < 1.29 is 4.79 Å². The van der Waals surface area contributed by atoms with Gasteiger partial charge in [-0.25, -0.2) is 10.8 Å². The Labute approximate surface area is 114 Å². The molecule has 0 aliphatic rings. The van der Waals surface area contributed by atoms with Crippen LogP contribution in [0.4, 0.5) is 5.82 Å². The highest BCUT2D eigenvalue weighted by atomic mass is 35.5. The summed E-state index contributed by atoms with van der Waals surface area (Å²) in [5, 5.41) is 7.08. The quantitative estimate of drug-likeness (QED) is 0.552. The van der Waals surface area contributed by atoms with Gasteiger partial charge < -0.3 is 10.7 Å². The Hall–Kier alpha value is -2.12. The Balaban J connectivity index is 1.91. The van der Waals surface area contributed by atoms with E-state index in [1.165, 1.54) is 12.3 Å². The zero-order valence-electron chi connectivity index (χ0n) is 10.0. The molecule has 0 saturated heterocycles. The van der Waals surface area contributed by atoms with Crippen LogP contribution in [0.5, 0.6) is 0 Å². The van der Waals surface area contributed by atoms with Crippen LogP contribution in [0, 0.1) is 0 Å². The number of hydrogen-bond donors (Lipinski definition) is 3. The van der Waals surface area contributed by atoms with Crippen LogP contribution in [0.2, 0.25) is 5.02 Å². The Morgan fingerprint density at radius 3 is 3.00 bits per heavy atom. The van der Waals surface area contributed by atoms with Gasteiger partial charge in [-0.05, 0) is 12.1 Å². The molecular formula is C11H13ClN6O. The predicted molar refractivity (Wildman–Crippen MR) is 71.6 cm³/mol. The molecule has 8 heteroatoms. The summed E-state index contributed by atoms with van der Waals surface area (Å²) in [4.78, 5) is 15.8. The largest absolute Gasteiger partial charge is 0.350 e. The molecule has 0 fully saturated rings. The highest BCUT2D eigenvalue weighted by molar-refractivity contribution is 6.33. The normalized spacial score (nSPS) is 10.2. The van der Waals surface area contributed by atoms with E-state index in [1.54, 1.807) is 10.9 Å². The number of carbonyl (C=O) groups is 1. The molecule has 2 heterocycles. The van der Waals surface area contributed by atoms with Crippen LogP contribution in [0.1, 0.15) is 10.4 Å². The van der Waals surface area contributed by atoms with Gasteiger partial charge in [0.2, 0.25) is 0 Å². The monoisotopic (exact) mass is 280 g/mol. The van der Waals surface area contributed by atoms with Gasteiger partial charge in [0.05, 0.1) is 17.1 Å². The summed E-state index contributed by atoms with van der Waals surface area (Å²) in [5.74, 6) is 5.29. The number of halogens is 1. The summed E-state index contributed by atoms with van der Waals surface area (Å²) in [6.07, 6.45) is 4.92. The highest BCUT2D eigenvalue weighted by Crippen LogP contribution is 2.18. The maximum atomic E-state index is 11.8. The van der Waals surface area contributed by atoms with Crippen LogP contribution in [0.3, 0.4) is 0 Å². The van der Waals surface area contributed by atoms with Crippen molar-refractivity contribution in [1.29, 1.82) is 0 Å². The summed E-state index contributed by atoms with van der Waals surface area (Å²) in [6.45, 7) is 1.07. The van der Waals surface area contributed by atoms with Gasteiger partial charge in [-0.3, -0.25) is 9.48 Å². The third-order valence-corrected chi connectivity index (χ3v) is 2.71. The van der Waals surface area contributed by atoms with Gasteiger partial charge in [0.15, 0.2) is 5.82 Å². The van der Waals surface area contributed by atoms with E-state index in [2.05, 4.69) is 20.8 Å². The van der Waals surface area contributed by atoms with E-state index in [4.69, 9.17) is 17.4 Å². The summed E-state index contributed by atoms with van der Waals surface area (Å²) < 4.78 is 1.73. The van der Waals surface area contributed by atoms with E-state index in [-0.39, 0.29) is 5.91 Å². The lowest BCUT2D eigenvalue weighted by Gasteiger charge is -2.07. The van der Waals surface area contributed by atoms with Crippen molar-refractivity contribution in [2.75, 3.05) is 12.0 Å². The molecule has 7 nitrogen and oxygen atoms in total. The SMILES string of the molecule is NNc1ncc(C(=O)NCCn2cccn2)cc1Cl. The van der Waals surface area contributed by atoms with Crippen molar-refractivity contribution in [2.45, 2.75) is 6.54 Å². The second-order valence-corrected chi connectivity index (χ2v) is 4.13. The molecule has 0 atom stereocenters. The molecule has 4 N–H and O–H groups in total. The van der Waals surface area contributed by atoms with Gasteiger partial charge in [-0.15, -0.1) is 0 Å². The van der Waals surface area contributed by atoms with E-state index in [1.807, 2.05) is 12.3 Å². The highest BCUT2D eigenvalue weighted by Gasteiger charge is 2.08. The van der Waals surface area contributed by atoms with Gasteiger partial charge in [0.1, 0.15) is 0 Å². The Morgan fingerprint density at radius 2 is 2.37 bits per heavy atom. The van der Waals surface area contributed by atoms with Crippen molar-refractivity contribution in [3.63, 3.8) is 0 Å². The number of amides is 1. The van der Waals surface area contributed by atoms with Gasteiger partial charge in [-0.1, -0.05) is 11.6 Å². The van der Waals surface area contributed by atoms with Crippen molar-refractivity contribution in [3.05, 3.63) is 41.3 Å². The number of nitrogen functional groups attached to an aromatic ring is 1. The third kappa shape index (κ3) is 3.43. The summed E-state index contributed by atoms with van der Waals surface area (Å²) in [5.41, 5.74) is 2.72. The molecule has 0 saturated carbocycles. The molecule has 0 unspecified atom stereocenters. The van der Waals surface area contributed by atoms with Crippen LogP contribution in [-0.2, 0) is 6.54 Å². The van der Waals surface area contributed by atoms with Crippen LogP contribution in [0.15, 0.2) is 30.7 Å². The number of nitrogens with two attached hydrogens (primary N) is 1. The zero-order valence-corrected chi connectivity index (χ0v) is 10.8. The van der Waals surface area contributed by atoms with Crippen LogP contribution >= 0.6 is 11.6 Å². The standard InChI is InChI=1S/C11H13ClN6O/c12-9-6-8(7-15-10(9)17-13)11(19)14-3-5-18-4-1-2-16-18/h1-2,4,6-7H,3,5,13H2,(H,14,19)(H,15,17). The minimum atomic E-state index is -0.245. The first kappa shape index (κ1) is 13.3. The second-order valence-electron chi connectivity index (χ2n) is 3.72. The molecule has 100 valence electrons. The fourth-order valence-corrected chi connectivity index (χ4v) is 1.71. The molecule has 0 aliphatic carbocycles. The average molecular weight is 281 g/mol. The number of carbonyl (C=O) groups excluding carboxylic acids is 1. The third-order valence-electron chi connectivity index (χ3n) is 2.43. The molecule has 0 aliphatic heterocycles. The number of nitrogens with zero attached hydrogens (tertiary/aromatic N) is 3. The smallest absolute Gasteiger partial charge is 0.252 e. The Bertz CT molecular complexity index is 556. The number of hydrogen-bond acceptors (Lipinski definition) is 5. The summed E-state index contributed by atoms with van der Waals surface area (Å²) in [6, 6.07) is 3.33. The minimum absolute atomic E-state index is 0.245. The van der Waals surface area contributed by atoms with Gasteiger partial charge in [0.25, 0.3) is 5.91 Å². The molecule has 2 rings (SSSR count). The maximum absolute atomic E-state index is 11.8. The van der Waals surface area contributed by atoms with Crippen molar-refractivity contribution >= 4 is 23.3 Å². The molecule has 2 aromatic rings. The van der Waals surface area contributed by atoms with Crippen LogP contribution < -0.4 is 16.6 Å². The second kappa shape index (κ2) is 6.17. The van der Waals surface area contributed by atoms with Crippen molar-refractivity contribution in [2.24, 2.45) is 5.84 Å². The number of pyridine rings is 1. The lowest BCUT2D eigenvalue weighted by molar-refractivity contribution is 0.0951. The fraction of sp³-hybridized carbons (Fsp3) is 0.182. The molecule has 0 spiro atoms. The first-order chi connectivity index (χ1) is 9.20. The molecule has 1 amide bonds. The Morgan fingerprint density at radius 1 is 1.53 bits per heavy atom. The average Bonchev–Trinajstić information content (AvgIpc) is 2.91. The van der Waals surface area contributed by atoms with Crippen LogP contribution in [-0.4, -0.2) is 27.2 Å². The van der Waals surface area contributed by atoms with E-state index >= 15 is 0 Å². The fourth-order valence-electron chi connectivity index (χ4n) is 1.49. The number of aromatic nitrogens is 3.